The molecule has 0 aromatic heterocycles. The highest BCUT2D eigenvalue weighted by molar-refractivity contribution is 6.30. The van der Waals surface area contributed by atoms with Crippen molar-refractivity contribution < 1.29 is 9.66 Å². The second-order valence-electron chi connectivity index (χ2n) is 4.32. The highest BCUT2D eigenvalue weighted by atomic mass is 35.5. The highest BCUT2D eigenvalue weighted by Gasteiger charge is 2.14. The first-order chi connectivity index (χ1) is 9.60. The Morgan fingerprint density at radius 1 is 1.25 bits per heavy atom. The Kier molecular flexibility index (Phi) is 4.58. The molecule has 2 aromatic carbocycles. The molecular weight excluding hydrogens is 278 g/mol. The summed E-state index contributed by atoms with van der Waals surface area (Å²) in [4.78, 5) is 10.5. The van der Waals surface area contributed by atoms with Crippen LogP contribution >= 0.6 is 11.6 Å². The lowest BCUT2D eigenvalue weighted by Crippen LogP contribution is -2.00. The minimum Gasteiger partial charge on any atom is -0.489 e. The van der Waals surface area contributed by atoms with Crippen molar-refractivity contribution in [3.63, 3.8) is 0 Å². The first-order valence-corrected chi connectivity index (χ1v) is 6.62. The van der Waals surface area contributed by atoms with Crippen molar-refractivity contribution in [2.24, 2.45) is 0 Å². The van der Waals surface area contributed by atoms with E-state index in [0.717, 1.165) is 12.0 Å². The number of aryl methyl sites for hydroxylation is 1. The summed E-state index contributed by atoms with van der Waals surface area (Å²) in [6.07, 6.45) is 0.915. The average molecular weight is 292 g/mol. The van der Waals surface area contributed by atoms with Crippen LogP contribution in [0.25, 0.3) is 0 Å². The molecule has 0 unspecified atom stereocenters. The zero-order chi connectivity index (χ0) is 14.5. The molecule has 2 rings (SSSR count). The second kappa shape index (κ2) is 6.39. The summed E-state index contributed by atoms with van der Waals surface area (Å²) in [6, 6.07) is 12.3. The molecule has 0 saturated heterocycles. The molecule has 0 radical (unpaired) electrons. The molecule has 0 heterocycles. The van der Waals surface area contributed by atoms with Crippen LogP contribution in [0.5, 0.6) is 5.75 Å². The Morgan fingerprint density at radius 2 is 2.05 bits per heavy atom. The molecule has 0 saturated carbocycles. The highest BCUT2D eigenvalue weighted by Crippen LogP contribution is 2.25. The van der Waals surface area contributed by atoms with Crippen LogP contribution in [0.2, 0.25) is 5.02 Å². The average Bonchev–Trinajstić information content (AvgIpc) is 2.46. The van der Waals surface area contributed by atoms with Crippen LogP contribution in [0.4, 0.5) is 5.69 Å². The summed E-state index contributed by atoms with van der Waals surface area (Å²) in [7, 11) is 0. The number of nitrogens with zero attached hydrogens (tertiary/aromatic N) is 1. The minimum atomic E-state index is -0.451. The van der Waals surface area contributed by atoms with Crippen molar-refractivity contribution in [2.45, 2.75) is 20.0 Å². The van der Waals surface area contributed by atoms with E-state index in [9.17, 15) is 10.1 Å². The maximum atomic E-state index is 11.0. The fourth-order valence-electron chi connectivity index (χ4n) is 1.85. The topological polar surface area (TPSA) is 52.4 Å². The number of halogens is 1. The molecule has 0 spiro atoms. The molecule has 0 amide bonds. The number of rotatable bonds is 5. The van der Waals surface area contributed by atoms with E-state index in [4.69, 9.17) is 16.3 Å². The molecule has 0 aliphatic rings. The zero-order valence-electron chi connectivity index (χ0n) is 11.0. The molecule has 0 aliphatic carbocycles. The van der Waals surface area contributed by atoms with Gasteiger partial charge in [-0.1, -0.05) is 30.7 Å². The Labute approximate surface area is 122 Å². The van der Waals surface area contributed by atoms with E-state index >= 15 is 0 Å². The molecule has 20 heavy (non-hydrogen) atoms. The van der Waals surface area contributed by atoms with Crippen molar-refractivity contribution in [1.29, 1.82) is 0 Å². The lowest BCUT2D eigenvalue weighted by molar-refractivity contribution is -0.385. The van der Waals surface area contributed by atoms with Gasteiger partial charge in [-0.25, -0.2) is 0 Å². The van der Waals surface area contributed by atoms with Gasteiger partial charge in [-0.3, -0.25) is 10.1 Å². The van der Waals surface area contributed by atoms with Gasteiger partial charge in [0.1, 0.15) is 12.4 Å². The second-order valence-corrected chi connectivity index (χ2v) is 4.76. The van der Waals surface area contributed by atoms with Crippen LogP contribution in [0.1, 0.15) is 18.1 Å². The summed E-state index contributed by atoms with van der Waals surface area (Å²) in [5.74, 6) is 0.702. The van der Waals surface area contributed by atoms with E-state index in [1.54, 1.807) is 12.1 Å². The van der Waals surface area contributed by atoms with Crippen LogP contribution in [-0.2, 0) is 13.0 Å². The Bertz CT molecular complexity index is 628. The third-order valence-corrected chi connectivity index (χ3v) is 3.18. The monoisotopic (exact) mass is 291 g/mol. The quantitative estimate of drug-likeness (QED) is 0.606. The van der Waals surface area contributed by atoms with Gasteiger partial charge in [0.15, 0.2) is 0 Å². The maximum absolute atomic E-state index is 11.0. The predicted molar refractivity (Wildman–Crippen MR) is 78.3 cm³/mol. The fourth-order valence-corrected chi connectivity index (χ4v) is 2.01. The van der Waals surface area contributed by atoms with Crippen LogP contribution in [0.15, 0.2) is 42.5 Å². The minimum absolute atomic E-state index is 0.0239. The van der Waals surface area contributed by atoms with E-state index in [1.165, 1.54) is 6.07 Å². The normalized spacial score (nSPS) is 10.3. The van der Waals surface area contributed by atoms with Crippen LogP contribution < -0.4 is 4.74 Å². The first-order valence-electron chi connectivity index (χ1n) is 6.24. The molecule has 0 aliphatic heterocycles. The molecule has 2 aromatic rings. The maximum Gasteiger partial charge on any atom is 0.277 e. The molecule has 5 heteroatoms. The molecule has 0 bridgehead atoms. The van der Waals surface area contributed by atoms with Gasteiger partial charge in [-0.15, -0.1) is 0 Å². The summed E-state index contributed by atoms with van der Waals surface area (Å²) in [5.41, 5.74) is 1.64. The van der Waals surface area contributed by atoms with Gasteiger partial charge >= 0.3 is 0 Å². The van der Waals surface area contributed by atoms with E-state index in [-0.39, 0.29) is 12.3 Å². The number of ether oxygens (including phenoxy) is 1. The number of hydrogen-bond acceptors (Lipinski definition) is 3. The molecule has 0 atom stereocenters. The smallest absolute Gasteiger partial charge is 0.277 e. The summed E-state index contributed by atoms with van der Waals surface area (Å²) < 4.78 is 5.62. The summed E-state index contributed by atoms with van der Waals surface area (Å²) in [6.45, 7) is 2.20. The van der Waals surface area contributed by atoms with E-state index in [1.807, 2.05) is 24.3 Å². The van der Waals surface area contributed by atoms with Crippen molar-refractivity contribution in [1.82, 2.24) is 0 Å². The molecule has 0 N–H and O–H groups in total. The Hall–Kier alpha value is -2.07. The van der Waals surface area contributed by atoms with Gasteiger partial charge in [0.05, 0.1) is 10.5 Å². The van der Waals surface area contributed by atoms with Crippen molar-refractivity contribution in [2.75, 3.05) is 0 Å². The zero-order valence-corrected chi connectivity index (χ0v) is 11.8. The lowest BCUT2D eigenvalue weighted by atomic mass is 10.1. The largest absolute Gasteiger partial charge is 0.489 e. The molecule has 0 fully saturated rings. The van der Waals surface area contributed by atoms with Gasteiger partial charge in [-0.05, 0) is 36.2 Å². The fraction of sp³-hybridized carbons (Fsp3) is 0.200. The third kappa shape index (κ3) is 3.48. The van der Waals surface area contributed by atoms with E-state index < -0.39 is 4.92 Å². The van der Waals surface area contributed by atoms with Crippen molar-refractivity contribution >= 4 is 17.3 Å². The summed E-state index contributed by atoms with van der Waals surface area (Å²) in [5, 5.41) is 11.3. The predicted octanol–water partition coefficient (Wildman–Crippen LogP) is 4.39. The summed E-state index contributed by atoms with van der Waals surface area (Å²) >= 11 is 5.77. The van der Waals surface area contributed by atoms with Gasteiger partial charge < -0.3 is 4.74 Å². The van der Waals surface area contributed by atoms with Gasteiger partial charge in [0.25, 0.3) is 5.69 Å². The Morgan fingerprint density at radius 3 is 2.75 bits per heavy atom. The Balaban J connectivity index is 2.16. The molecule has 104 valence electrons. The number of benzene rings is 2. The van der Waals surface area contributed by atoms with E-state index in [0.29, 0.717) is 16.3 Å². The number of hydrogen-bond donors (Lipinski definition) is 0. The number of nitro groups is 1. The first kappa shape index (κ1) is 14.3. The van der Waals surface area contributed by atoms with Gasteiger partial charge in [0, 0.05) is 11.1 Å². The van der Waals surface area contributed by atoms with Crippen molar-refractivity contribution in [3.05, 3.63) is 68.7 Å². The van der Waals surface area contributed by atoms with Crippen LogP contribution in [0, 0.1) is 10.1 Å². The lowest BCUT2D eigenvalue weighted by Gasteiger charge is -2.08. The molecule has 4 nitrogen and oxygen atoms in total. The standard InChI is InChI=1S/C15H14ClNO3/c1-2-11-4-3-5-14(8-11)20-10-12-6-7-13(16)9-15(12)17(18)19/h3-9H,2,10H2,1H3. The van der Waals surface area contributed by atoms with Crippen LogP contribution in [0.3, 0.4) is 0 Å². The van der Waals surface area contributed by atoms with Crippen LogP contribution in [-0.4, -0.2) is 4.92 Å². The van der Waals surface area contributed by atoms with Gasteiger partial charge in [0.2, 0.25) is 0 Å². The number of nitro benzene ring substituents is 1. The van der Waals surface area contributed by atoms with Crippen molar-refractivity contribution in [3.8, 4) is 5.75 Å². The molecular formula is C15H14ClNO3. The van der Waals surface area contributed by atoms with E-state index in [2.05, 4.69) is 6.92 Å². The third-order valence-electron chi connectivity index (χ3n) is 2.95. The SMILES string of the molecule is CCc1cccc(OCc2ccc(Cl)cc2[N+](=O)[O-])c1. The van der Waals surface area contributed by atoms with Gasteiger partial charge in [-0.2, -0.15) is 0 Å².